The molecule has 1 amide bonds. The lowest BCUT2D eigenvalue weighted by atomic mass is 10.0. The standard InChI is InChI=1S/C19H18F3NO8/c1-30-14(17(27)28)7-6-11(16(25)26)9-13(18(29)31-2)23-15(24)10-4-3-5-12(8-10)19(20,21)22/h3-8,13H,9H2,1-2H3,(H,23,24)(H,25,26)(H,27,28)/b11-6-,14-7+/t13-/m0/s1. The minimum atomic E-state index is -4.70. The number of carboxylic acid groups (broad SMARTS) is 2. The second kappa shape index (κ2) is 10.8. The van der Waals surface area contributed by atoms with Gasteiger partial charge >= 0.3 is 24.1 Å². The number of benzene rings is 1. The Hall–Kier alpha value is -3.83. The molecule has 12 heteroatoms. The molecule has 1 aromatic rings. The van der Waals surface area contributed by atoms with Crippen molar-refractivity contribution in [3.8, 4) is 0 Å². The quantitative estimate of drug-likeness (QED) is 0.227. The number of hydrogen-bond acceptors (Lipinski definition) is 6. The number of carbonyl (C=O) groups excluding carboxylic acids is 2. The number of rotatable bonds is 9. The van der Waals surface area contributed by atoms with Gasteiger partial charge in [-0.3, -0.25) is 4.79 Å². The minimum Gasteiger partial charge on any atom is -0.490 e. The third-order valence-electron chi connectivity index (χ3n) is 3.81. The van der Waals surface area contributed by atoms with E-state index < -0.39 is 64.9 Å². The molecule has 0 unspecified atom stereocenters. The van der Waals surface area contributed by atoms with Crippen molar-refractivity contribution < 1.29 is 52.0 Å². The lowest BCUT2D eigenvalue weighted by molar-refractivity contribution is -0.143. The molecule has 0 fully saturated rings. The molecule has 0 aliphatic heterocycles. The first-order valence-corrected chi connectivity index (χ1v) is 8.38. The van der Waals surface area contributed by atoms with Gasteiger partial charge in [0.2, 0.25) is 5.76 Å². The molecule has 1 aromatic carbocycles. The van der Waals surface area contributed by atoms with E-state index in [1.54, 1.807) is 0 Å². The molecule has 0 saturated carbocycles. The molecule has 0 aliphatic carbocycles. The zero-order valence-electron chi connectivity index (χ0n) is 16.2. The fourth-order valence-corrected chi connectivity index (χ4v) is 2.26. The van der Waals surface area contributed by atoms with Gasteiger partial charge in [0.05, 0.1) is 19.8 Å². The highest BCUT2D eigenvalue weighted by Gasteiger charge is 2.31. The first-order chi connectivity index (χ1) is 14.4. The van der Waals surface area contributed by atoms with Crippen molar-refractivity contribution in [2.75, 3.05) is 14.2 Å². The number of carboxylic acids is 2. The number of alkyl halides is 3. The van der Waals surface area contributed by atoms with Crippen LogP contribution in [0.25, 0.3) is 0 Å². The number of hydrogen-bond donors (Lipinski definition) is 3. The molecule has 0 aliphatic rings. The highest BCUT2D eigenvalue weighted by Crippen LogP contribution is 2.29. The molecule has 1 rings (SSSR count). The molecule has 9 nitrogen and oxygen atoms in total. The number of nitrogens with one attached hydrogen (secondary N) is 1. The van der Waals surface area contributed by atoms with E-state index in [0.29, 0.717) is 6.07 Å². The van der Waals surface area contributed by atoms with Crippen molar-refractivity contribution in [2.45, 2.75) is 18.6 Å². The fourth-order valence-electron chi connectivity index (χ4n) is 2.26. The fraction of sp³-hybridized carbons (Fsp3) is 0.263. The third kappa shape index (κ3) is 7.49. The van der Waals surface area contributed by atoms with Crippen LogP contribution in [0.1, 0.15) is 22.3 Å². The molecular formula is C19H18F3NO8. The molecule has 168 valence electrons. The van der Waals surface area contributed by atoms with Gasteiger partial charge in [-0.1, -0.05) is 6.07 Å². The van der Waals surface area contributed by atoms with Crippen molar-refractivity contribution >= 4 is 23.8 Å². The zero-order valence-corrected chi connectivity index (χ0v) is 16.2. The van der Waals surface area contributed by atoms with Gasteiger partial charge in [-0.2, -0.15) is 13.2 Å². The first-order valence-electron chi connectivity index (χ1n) is 8.38. The van der Waals surface area contributed by atoms with E-state index in [1.807, 2.05) is 0 Å². The van der Waals surface area contributed by atoms with Gasteiger partial charge in [-0.15, -0.1) is 0 Å². The summed E-state index contributed by atoms with van der Waals surface area (Å²) < 4.78 is 47.6. The molecule has 0 radical (unpaired) electrons. The van der Waals surface area contributed by atoms with Crippen LogP contribution >= 0.6 is 0 Å². The molecule has 0 bridgehead atoms. The van der Waals surface area contributed by atoms with E-state index >= 15 is 0 Å². The summed E-state index contributed by atoms with van der Waals surface area (Å²) in [6.45, 7) is 0. The monoisotopic (exact) mass is 445 g/mol. The average molecular weight is 445 g/mol. The number of ether oxygens (including phenoxy) is 2. The number of methoxy groups -OCH3 is 2. The van der Waals surface area contributed by atoms with Crippen LogP contribution in [-0.2, 0) is 30.0 Å². The summed E-state index contributed by atoms with van der Waals surface area (Å²) in [6, 6.07) is 1.81. The van der Waals surface area contributed by atoms with E-state index in [1.165, 1.54) is 0 Å². The summed E-state index contributed by atoms with van der Waals surface area (Å²) in [5.41, 5.74) is -2.01. The van der Waals surface area contributed by atoms with Crippen molar-refractivity contribution in [3.05, 3.63) is 58.9 Å². The number of allylic oxidation sites excluding steroid dienone is 2. The molecule has 0 saturated heterocycles. The largest absolute Gasteiger partial charge is 0.490 e. The van der Waals surface area contributed by atoms with E-state index in [2.05, 4.69) is 14.8 Å². The van der Waals surface area contributed by atoms with E-state index in [9.17, 15) is 37.5 Å². The maximum absolute atomic E-state index is 12.8. The summed E-state index contributed by atoms with van der Waals surface area (Å²) in [7, 11) is 2.00. The summed E-state index contributed by atoms with van der Waals surface area (Å²) in [5, 5.41) is 20.3. The highest BCUT2D eigenvalue weighted by atomic mass is 19.4. The summed E-state index contributed by atoms with van der Waals surface area (Å²) in [5.74, 6) is -5.77. The number of aliphatic carboxylic acids is 2. The maximum Gasteiger partial charge on any atom is 0.416 e. The second-order valence-corrected chi connectivity index (χ2v) is 5.87. The molecule has 3 N–H and O–H groups in total. The molecular weight excluding hydrogens is 427 g/mol. The smallest absolute Gasteiger partial charge is 0.416 e. The van der Waals surface area contributed by atoms with Crippen LogP contribution < -0.4 is 5.32 Å². The Kier molecular flexibility index (Phi) is 8.79. The molecule has 0 spiro atoms. The van der Waals surface area contributed by atoms with E-state index in [0.717, 1.165) is 44.6 Å². The Bertz CT molecular complexity index is 921. The minimum absolute atomic E-state index is 0.419. The lowest BCUT2D eigenvalue weighted by Gasteiger charge is -2.17. The van der Waals surface area contributed by atoms with Crippen molar-refractivity contribution in [2.24, 2.45) is 0 Å². The van der Waals surface area contributed by atoms with Gasteiger partial charge in [-0.25, -0.2) is 14.4 Å². The maximum atomic E-state index is 12.8. The Morgan fingerprint density at radius 2 is 1.71 bits per heavy atom. The topological polar surface area (TPSA) is 139 Å². The molecule has 31 heavy (non-hydrogen) atoms. The van der Waals surface area contributed by atoms with Gasteiger partial charge < -0.3 is 25.0 Å². The van der Waals surface area contributed by atoms with Crippen LogP contribution in [0.3, 0.4) is 0 Å². The predicted octanol–water partition coefficient (Wildman–Crippen LogP) is 1.99. The Morgan fingerprint density at radius 3 is 2.19 bits per heavy atom. The SMILES string of the molecule is COC(=O)[C@H](C/C(=C/C=C(/OC)C(=O)O)C(=O)O)NC(=O)c1cccc(C(F)(F)F)c1. The van der Waals surface area contributed by atoms with Crippen LogP contribution in [0.5, 0.6) is 0 Å². The van der Waals surface area contributed by atoms with Gasteiger partial charge in [-0.05, 0) is 30.4 Å². The van der Waals surface area contributed by atoms with Crippen molar-refractivity contribution in [1.82, 2.24) is 5.32 Å². The first kappa shape index (κ1) is 25.2. The van der Waals surface area contributed by atoms with Crippen LogP contribution in [0.4, 0.5) is 13.2 Å². The highest BCUT2D eigenvalue weighted by molar-refractivity contribution is 5.97. The number of carbonyl (C=O) groups is 4. The van der Waals surface area contributed by atoms with Gasteiger partial charge in [0.1, 0.15) is 6.04 Å². The van der Waals surface area contributed by atoms with Crippen LogP contribution in [-0.4, -0.2) is 54.3 Å². The second-order valence-electron chi connectivity index (χ2n) is 5.87. The van der Waals surface area contributed by atoms with Crippen LogP contribution in [0.15, 0.2) is 47.7 Å². The van der Waals surface area contributed by atoms with Crippen LogP contribution in [0, 0.1) is 0 Å². The average Bonchev–Trinajstić information content (AvgIpc) is 2.70. The summed E-state index contributed by atoms with van der Waals surface area (Å²) >= 11 is 0. The van der Waals surface area contributed by atoms with Crippen molar-refractivity contribution in [3.63, 3.8) is 0 Å². The molecule has 0 aromatic heterocycles. The number of halogens is 3. The number of amides is 1. The van der Waals surface area contributed by atoms with Gasteiger partial charge in [0.15, 0.2) is 0 Å². The molecule has 1 atom stereocenters. The van der Waals surface area contributed by atoms with Crippen molar-refractivity contribution in [1.29, 1.82) is 0 Å². The summed E-state index contributed by atoms with van der Waals surface area (Å²) in [6.07, 6.45) is -3.68. The Labute approximate surface area is 173 Å². The molecule has 0 heterocycles. The number of esters is 1. The summed E-state index contributed by atoms with van der Waals surface area (Å²) in [4.78, 5) is 46.7. The Balaban J connectivity index is 3.18. The van der Waals surface area contributed by atoms with E-state index in [4.69, 9.17) is 5.11 Å². The normalized spacial score (nSPS) is 13.2. The predicted molar refractivity (Wildman–Crippen MR) is 97.8 cm³/mol. The van der Waals surface area contributed by atoms with Crippen LogP contribution in [0.2, 0.25) is 0 Å². The third-order valence-corrected chi connectivity index (χ3v) is 3.81. The van der Waals surface area contributed by atoms with Gasteiger partial charge in [0.25, 0.3) is 5.91 Å². The van der Waals surface area contributed by atoms with E-state index in [-0.39, 0.29) is 0 Å². The Morgan fingerprint density at radius 1 is 1.06 bits per heavy atom. The zero-order chi connectivity index (χ0) is 23.8. The lowest BCUT2D eigenvalue weighted by Crippen LogP contribution is -2.42. The van der Waals surface area contributed by atoms with Gasteiger partial charge in [0, 0.05) is 17.6 Å².